The van der Waals surface area contributed by atoms with Crippen LogP contribution in [-0.4, -0.2) is 14.3 Å². The Balaban J connectivity index is 2.59. The number of hydrogen-bond acceptors (Lipinski definition) is 2. The Morgan fingerprint density at radius 3 is 2.64 bits per heavy atom. The van der Waals surface area contributed by atoms with Gasteiger partial charge in [-0.3, -0.25) is 4.57 Å². The van der Waals surface area contributed by atoms with Crippen molar-refractivity contribution in [2.75, 3.05) is 0 Å². The summed E-state index contributed by atoms with van der Waals surface area (Å²) in [7, 11) is 3.48. The molecule has 4 heteroatoms. The Bertz CT molecular complexity index is 332. The largest absolute Gasteiger partial charge is 0.346 e. The molecule has 0 bridgehead atoms. The topological polar surface area (TPSA) is 39.8 Å². The maximum absolute atomic E-state index is 11.3. The number of aryl methyl sites for hydroxylation is 1. The highest BCUT2D eigenvalue weighted by atomic mass is 16.2. The van der Waals surface area contributed by atoms with Gasteiger partial charge in [-0.1, -0.05) is 0 Å². The molecule has 1 heterocycles. The second kappa shape index (κ2) is 1.96. The van der Waals surface area contributed by atoms with E-state index in [1.54, 1.807) is 4.57 Å². The molecular weight excluding hydrogens is 142 g/mol. The quantitative estimate of drug-likeness (QED) is 0.581. The fraction of sp³-hybridized carbons (Fsp3) is 0.571. The minimum Gasteiger partial charge on any atom is -0.276 e. The average molecular weight is 152 g/mol. The summed E-state index contributed by atoms with van der Waals surface area (Å²) in [6, 6.07) is 0.401. The number of hydrogen-bond donors (Lipinski definition) is 0. The van der Waals surface area contributed by atoms with Crippen molar-refractivity contribution in [3.63, 3.8) is 0 Å². The van der Waals surface area contributed by atoms with Gasteiger partial charge in [-0.25, -0.2) is 9.48 Å². The molecule has 4 nitrogen and oxygen atoms in total. The van der Waals surface area contributed by atoms with Crippen LogP contribution in [0.4, 0.5) is 0 Å². The maximum Gasteiger partial charge on any atom is 0.346 e. The van der Waals surface area contributed by atoms with Crippen LogP contribution in [0.15, 0.2) is 4.79 Å². The minimum atomic E-state index is -0.0926. The summed E-state index contributed by atoms with van der Waals surface area (Å²) in [4.78, 5) is 11.3. The van der Waals surface area contributed by atoms with E-state index in [1.165, 1.54) is 0 Å². The van der Waals surface area contributed by atoms with E-state index < -0.39 is 0 Å². The van der Waals surface area contributed by atoms with E-state index in [1.807, 2.05) is 6.92 Å². The lowest BCUT2D eigenvalue weighted by Crippen LogP contribution is -2.21. The molecular formula is C7H10N3O. The van der Waals surface area contributed by atoms with Crippen LogP contribution >= 0.6 is 0 Å². The molecule has 1 radical (unpaired) electrons. The van der Waals surface area contributed by atoms with Gasteiger partial charge in [-0.05, 0) is 19.8 Å². The molecule has 59 valence electrons. The van der Waals surface area contributed by atoms with Gasteiger partial charge in [0.05, 0.1) is 7.05 Å². The molecule has 1 aromatic heterocycles. The van der Waals surface area contributed by atoms with Crippen LogP contribution in [0.25, 0.3) is 0 Å². The van der Waals surface area contributed by atoms with Gasteiger partial charge in [0.2, 0.25) is 0 Å². The highest BCUT2D eigenvalue weighted by Crippen LogP contribution is 2.33. The maximum atomic E-state index is 11.3. The average Bonchev–Trinajstić information content (AvgIpc) is 2.68. The fourth-order valence-electron chi connectivity index (χ4n) is 1.28. The van der Waals surface area contributed by atoms with Gasteiger partial charge in [-0.15, -0.1) is 0 Å². The first-order valence-corrected chi connectivity index (χ1v) is 3.69. The van der Waals surface area contributed by atoms with Crippen LogP contribution in [0.1, 0.15) is 24.7 Å². The fourth-order valence-corrected chi connectivity index (χ4v) is 1.28. The summed E-state index contributed by atoms with van der Waals surface area (Å²) < 4.78 is 2.86. The second-order valence-corrected chi connectivity index (χ2v) is 2.93. The first-order valence-electron chi connectivity index (χ1n) is 3.69. The number of nitrogens with zero attached hydrogens (tertiary/aromatic N) is 3. The third kappa shape index (κ3) is 0.895. The summed E-state index contributed by atoms with van der Waals surface area (Å²) in [6.07, 6.45) is 2.21. The van der Waals surface area contributed by atoms with Crippen LogP contribution in [0.5, 0.6) is 0 Å². The van der Waals surface area contributed by atoms with E-state index in [2.05, 4.69) is 12.1 Å². The summed E-state index contributed by atoms with van der Waals surface area (Å²) >= 11 is 0. The van der Waals surface area contributed by atoms with Crippen LogP contribution < -0.4 is 5.69 Å². The summed E-state index contributed by atoms with van der Waals surface area (Å²) in [5.74, 6) is 0.771. The lowest BCUT2D eigenvalue weighted by molar-refractivity contribution is 0.677. The Hall–Kier alpha value is -1.06. The standard InChI is InChI=1S/C7H10N3O/c1-5-8-9(2)7(11)10(5)6-3-4-6/h6H,2-4H2,1H3. The zero-order chi connectivity index (χ0) is 8.01. The van der Waals surface area contributed by atoms with Gasteiger partial charge in [0.25, 0.3) is 0 Å². The van der Waals surface area contributed by atoms with Gasteiger partial charge >= 0.3 is 5.69 Å². The van der Waals surface area contributed by atoms with Crippen molar-refractivity contribution >= 4 is 0 Å². The molecule has 11 heavy (non-hydrogen) atoms. The van der Waals surface area contributed by atoms with Crippen molar-refractivity contribution in [1.29, 1.82) is 0 Å². The molecule has 0 atom stereocenters. The molecule has 0 spiro atoms. The van der Waals surface area contributed by atoms with Gasteiger partial charge in [0.1, 0.15) is 5.82 Å². The highest BCUT2D eigenvalue weighted by Gasteiger charge is 2.27. The predicted molar refractivity (Wildman–Crippen MR) is 40.3 cm³/mol. The van der Waals surface area contributed by atoms with E-state index in [-0.39, 0.29) is 5.69 Å². The van der Waals surface area contributed by atoms with Crippen molar-refractivity contribution in [2.45, 2.75) is 25.8 Å². The Labute approximate surface area is 64.4 Å². The lowest BCUT2D eigenvalue weighted by atomic mass is 10.6. The Morgan fingerprint density at radius 2 is 2.27 bits per heavy atom. The van der Waals surface area contributed by atoms with E-state index in [9.17, 15) is 4.79 Å². The Morgan fingerprint density at radius 1 is 1.64 bits per heavy atom. The number of rotatable bonds is 1. The molecule has 2 rings (SSSR count). The first-order chi connectivity index (χ1) is 5.20. The molecule has 0 unspecified atom stereocenters. The van der Waals surface area contributed by atoms with E-state index >= 15 is 0 Å². The van der Waals surface area contributed by atoms with E-state index in [0.717, 1.165) is 23.3 Å². The van der Waals surface area contributed by atoms with Gasteiger partial charge in [0, 0.05) is 6.04 Å². The van der Waals surface area contributed by atoms with Crippen molar-refractivity contribution in [3.8, 4) is 0 Å². The first kappa shape index (κ1) is 6.64. The van der Waals surface area contributed by atoms with Crippen molar-refractivity contribution < 1.29 is 0 Å². The molecule has 1 saturated carbocycles. The molecule has 1 aliphatic rings. The molecule has 0 aliphatic heterocycles. The predicted octanol–water partition coefficient (Wildman–Crippen LogP) is 0.328. The molecule has 1 fully saturated rings. The minimum absolute atomic E-state index is 0.0926. The highest BCUT2D eigenvalue weighted by molar-refractivity contribution is 4.93. The molecule has 1 aliphatic carbocycles. The number of aromatic nitrogens is 3. The Kier molecular flexibility index (Phi) is 1.19. The van der Waals surface area contributed by atoms with E-state index in [0.29, 0.717) is 6.04 Å². The zero-order valence-corrected chi connectivity index (χ0v) is 6.45. The van der Waals surface area contributed by atoms with Crippen LogP contribution in [-0.2, 0) is 0 Å². The third-order valence-electron chi connectivity index (χ3n) is 1.95. The molecule has 0 saturated heterocycles. The van der Waals surface area contributed by atoms with Gasteiger partial charge in [-0.2, -0.15) is 5.10 Å². The SMILES string of the molecule is [CH2]n1nc(C)n(C2CC2)c1=O. The summed E-state index contributed by atoms with van der Waals surface area (Å²) in [5.41, 5.74) is -0.0926. The molecule has 0 amide bonds. The third-order valence-corrected chi connectivity index (χ3v) is 1.95. The smallest absolute Gasteiger partial charge is 0.276 e. The molecule has 0 aromatic carbocycles. The van der Waals surface area contributed by atoms with Crippen molar-refractivity contribution in [1.82, 2.24) is 14.3 Å². The normalized spacial score (nSPS) is 17.3. The molecule has 0 N–H and O–H groups in total. The van der Waals surface area contributed by atoms with Crippen molar-refractivity contribution in [2.24, 2.45) is 0 Å². The second-order valence-electron chi connectivity index (χ2n) is 2.93. The van der Waals surface area contributed by atoms with Crippen molar-refractivity contribution in [3.05, 3.63) is 23.4 Å². The zero-order valence-electron chi connectivity index (χ0n) is 6.45. The molecule has 1 aromatic rings. The van der Waals surface area contributed by atoms with Crippen LogP contribution in [0.2, 0.25) is 0 Å². The van der Waals surface area contributed by atoms with Gasteiger partial charge < -0.3 is 0 Å². The lowest BCUT2D eigenvalue weighted by Gasteiger charge is -1.95. The summed E-state index contributed by atoms with van der Waals surface area (Å²) in [6.45, 7) is 1.83. The van der Waals surface area contributed by atoms with Crippen LogP contribution in [0, 0.1) is 14.0 Å². The van der Waals surface area contributed by atoms with Gasteiger partial charge in [0.15, 0.2) is 0 Å². The summed E-state index contributed by atoms with van der Waals surface area (Å²) in [5, 5.41) is 3.93. The monoisotopic (exact) mass is 152 g/mol. The van der Waals surface area contributed by atoms with E-state index in [4.69, 9.17) is 0 Å². The van der Waals surface area contributed by atoms with Crippen LogP contribution in [0.3, 0.4) is 0 Å².